The zero-order valence-electron chi connectivity index (χ0n) is 9.59. The van der Waals surface area contributed by atoms with E-state index in [9.17, 15) is 0 Å². The molecule has 0 atom stereocenters. The van der Waals surface area contributed by atoms with Crippen LogP contribution < -0.4 is 5.32 Å². The van der Waals surface area contributed by atoms with Crippen molar-refractivity contribution in [3.63, 3.8) is 0 Å². The molecule has 1 aromatic heterocycles. The highest BCUT2D eigenvalue weighted by molar-refractivity contribution is 5.32. The molecule has 1 N–H and O–H groups in total. The van der Waals surface area contributed by atoms with Crippen LogP contribution in [0, 0.1) is 11.3 Å². The molecule has 1 aromatic rings. The standard InChI is InChI=1S/C11H15N5O/c12-7-10-8-15-11(9-14-10)13-1-2-16-3-5-17-6-4-16/h8-9H,1-6H2,(H,13,15). The topological polar surface area (TPSA) is 74.1 Å². The Labute approximate surface area is 100 Å². The molecule has 1 saturated heterocycles. The third kappa shape index (κ3) is 3.66. The van der Waals surface area contributed by atoms with E-state index in [0.717, 1.165) is 39.4 Å². The van der Waals surface area contributed by atoms with Crippen LogP contribution in [0.2, 0.25) is 0 Å². The Hall–Kier alpha value is -1.71. The molecule has 2 rings (SSSR count). The van der Waals surface area contributed by atoms with Gasteiger partial charge in [0.2, 0.25) is 0 Å². The number of hydrogen-bond acceptors (Lipinski definition) is 6. The molecule has 0 aromatic carbocycles. The van der Waals surface area contributed by atoms with E-state index in [2.05, 4.69) is 20.2 Å². The summed E-state index contributed by atoms with van der Waals surface area (Å²) < 4.78 is 5.27. The van der Waals surface area contributed by atoms with E-state index in [-0.39, 0.29) is 0 Å². The smallest absolute Gasteiger partial charge is 0.158 e. The van der Waals surface area contributed by atoms with Crippen LogP contribution >= 0.6 is 0 Å². The van der Waals surface area contributed by atoms with E-state index in [1.807, 2.05) is 6.07 Å². The molecule has 1 aliphatic rings. The lowest BCUT2D eigenvalue weighted by atomic mass is 10.4. The number of anilines is 1. The fourth-order valence-corrected chi connectivity index (χ4v) is 1.64. The SMILES string of the molecule is N#Cc1cnc(NCCN2CCOCC2)cn1. The van der Waals surface area contributed by atoms with Gasteiger partial charge in [-0.2, -0.15) is 5.26 Å². The third-order valence-electron chi connectivity index (χ3n) is 2.60. The van der Waals surface area contributed by atoms with Gasteiger partial charge in [0.05, 0.1) is 25.6 Å². The number of nitrogens with one attached hydrogen (secondary N) is 1. The Kier molecular flexibility index (Phi) is 4.24. The third-order valence-corrected chi connectivity index (χ3v) is 2.60. The molecule has 1 fully saturated rings. The lowest BCUT2D eigenvalue weighted by molar-refractivity contribution is 0.0398. The second-order valence-corrected chi connectivity index (χ2v) is 3.78. The first-order valence-corrected chi connectivity index (χ1v) is 5.64. The van der Waals surface area contributed by atoms with Crippen molar-refractivity contribution in [1.82, 2.24) is 14.9 Å². The monoisotopic (exact) mass is 233 g/mol. The van der Waals surface area contributed by atoms with E-state index in [0.29, 0.717) is 11.5 Å². The number of rotatable bonds is 4. The predicted octanol–water partition coefficient (Wildman–Crippen LogP) is 0.0924. The van der Waals surface area contributed by atoms with Gasteiger partial charge in [-0.15, -0.1) is 0 Å². The van der Waals surface area contributed by atoms with Gasteiger partial charge in [0.1, 0.15) is 11.9 Å². The summed E-state index contributed by atoms with van der Waals surface area (Å²) in [6.45, 7) is 5.39. The van der Waals surface area contributed by atoms with Gasteiger partial charge in [-0.25, -0.2) is 9.97 Å². The minimum absolute atomic E-state index is 0.337. The number of morpholine rings is 1. The van der Waals surface area contributed by atoms with Crippen molar-refractivity contribution in [2.24, 2.45) is 0 Å². The largest absolute Gasteiger partial charge is 0.379 e. The Morgan fingerprint density at radius 2 is 2.18 bits per heavy atom. The van der Waals surface area contributed by atoms with E-state index >= 15 is 0 Å². The number of hydrogen-bond donors (Lipinski definition) is 1. The summed E-state index contributed by atoms with van der Waals surface area (Å²) >= 11 is 0. The average molecular weight is 233 g/mol. The first kappa shape index (κ1) is 11.8. The molecule has 0 spiro atoms. The molecule has 6 nitrogen and oxygen atoms in total. The Bertz CT molecular complexity index is 380. The molecule has 6 heteroatoms. The number of aromatic nitrogens is 2. The minimum Gasteiger partial charge on any atom is -0.379 e. The van der Waals surface area contributed by atoms with Crippen LogP contribution in [0.25, 0.3) is 0 Å². The molecule has 0 saturated carbocycles. The van der Waals surface area contributed by atoms with Gasteiger partial charge < -0.3 is 10.1 Å². The molecule has 0 amide bonds. The highest BCUT2D eigenvalue weighted by Crippen LogP contribution is 2.00. The Morgan fingerprint density at radius 1 is 1.35 bits per heavy atom. The maximum absolute atomic E-state index is 8.58. The summed E-state index contributed by atoms with van der Waals surface area (Å²) in [6, 6.07) is 1.94. The van der Waals surface area contributed by atoms with Crippen LogP contribution in [0.4, 0.5) is 5.82 Å². The van der Waals surface area contributed by atoms with Crippen LogP contribution in [-0.2, 0) is 4.74 Å². The fourth-order valence-electron chi connectivity index (χ4n) is 1.64. The van der Waals surface area contributed by atoms with E-state index in [4.69, 9.17) is 10.00 Å². The van der Waals surface area contributed by atoms with Crippen molar-refractivity contribution in [2.75, 3.05) is 44.7 Å². The molecule has 0 unspecified atom stereocenters. The summed E-state index contributed by atoms with van der Waals surface area (Å²) in [5, 5.41) is 11.8. The predicted molar refractivity (Wildman–Crippen MR) is 62.5 cm³/mol. The fraction of sp³-hybridized carbons (Fsp3) is 0.545. The quantitative estimate of drug-likeness (QED) is 0.794. The zero-order chi connectivity index (χ0) is 11.9. The number of nitrogens with zero attached hydrogens (tertiary/aromatic N) is 4. The van der Waals surface area contributed by atoms with Crippen molar-refractivity contribution in [3.8, 4) is 6.07 Å². The van der Waals surface area contributed by atoms with Crippen LogP contribution in [0.1, 0.15) is 5.69 Å². The molecule has 0 aliphatic carbocycles. The molecule has 90 valence electrons. The van der Waals surface area contributed by atoms with Crippen LogP contribution in [0.3, 0.4) is 0 Å². The maximum Gasteiger partial charge on any atom is 0.158 e. The summed E-state index contributed by atoms with van der Waals surface area (Å²) in [5.41, 5.74) is 0.337. The molecule has 0 bridgehead atoms. The Balaban J connectivity index is 1.72. The maximum atomic E-state index is 8.58. The minimum atomic E-state index is 0.337. The van der Waals surface area contributed by atoms with Crippen molar-refractivity contribution < 1.29 is 4.74 Å². The van der Waals surface area contributed by atoms with E-state index in [1.54, 1.807) is 6.20 Å². The van der Waals surface area contributed by atoms with Gasteiger partial charge in [0, 0.05) is 26.2 Å². The van der Waals surface area contributed by atoms with Crippen molar-refractivity contribution in [2.45, 2.75) is 0 Å². The number of nitriles is 1. The first-order chi connectivity index (χ1) is 8.38. The highest BCUT2D eigenvalue weighted by atomic mass is 16.5. The highest BCUT2D eigenvalue weighted by Gasteiger charge is 2.09. The second kappa shape index (κ2) is 6.13. The van der Waals surface area contributed by atoms with Gasteiger partial charge in [-0.05, 0) is 0 Å². The molecule has 17 heavy (non-hydrogen) atoms. The van der Waals surface area contributed by atoms with Crippen LogP contribution in [0.15, 0.2) is 12.4 Å². The molecular weight excluding hydrogens is 218 g/mol. The normalized spacial score (nSPS) is 16.4. The first-order valence-electron chi connectivity index (χ1n) is 5.64. The molecular formula is C11H15N5O. The summed E-state index contributed by atoms with van der Waals surface area (Å²) in [7, 11) is 0. The average Bonchev–Trinajstić information content (AvgIpc) is 2.41. The number of ether oxygens (including phenoxy) is 1. The Morgan fingerprint density at radius 3 is 2.82 bits per heavy atom. The molecule has 0 radical (unpaired) electrons. The summed E-state index contributed by atoms with van der Waals surface area (Å²) in [5.74, 6) is 0.706. The van der Waals surface area contributed by atoms with Gasteiger partial charge in [0.25, 0.3) is 0 Å². The van der Waals surface area contributed by atoms with Crippen molar-refractivity contribution in [1.29, 1.82) is 5.26 Å². The van der Waals surface area contributed by atoms with E-state index in [1.165, 1.54) is 6.20 Å². The van der Waals surface area contributed by atoms with E-state index < -0.39 is 0 Å². The lowest BCUT2D eigenvalue weighted by Gasteiger charge is -2.26. The summed E-state index contributed by atoms with van der Waals surface area (Å²) in [4.78, 5) is 10.4. The van der Waals surface area contributed by atoms with Crippen LogP contribution in [-0.4, -0.2) is 54.3 Å². The van der Waals surface area contributed by atoms with Crippen molar-refractivity contribution in [3.05, 3.63) is 18.1 Å². The molecule has 2 heterocycles. The van der Waals surface area contributed by atoms with Crippen molar-refractivity contribution >= 4 is 5.82 Å². The second-order valence-electron chi connectivity index (χ2n) is 3.78. The van der Waals surface area contributed by atoms with Gasteiger partial charge >= 0.3 is 0 Å². The summed E-state index contributed by atoms with van der Waals surface area (Å²) in [6.07, 6.45) is 3.05. The van der Waals surface area contributed by atoms with Gasteiger partial charge in [-0.1, -0.05) is 0 Å². The van der Waals surface area contributed by atoms with Gasteiger partial charge in [-0.3, -0.25) is 4.90 Å². The molecule has 1 aliphatic heterocycles. The zero-order valence-corrected chi connectivity index (χ0v) is 9.59. The lowest BCUT2D eigenvalue weighted by Crippen LogP contribution is -2.39. The van der Waals surface area contributed by atoms with Gasteiger partial charge in [0.15, 0.2) is 5.69 Å². The van der Waals surface area contributed by atoms with Crippen LogP contribution in [0.5, 0.6) is 0 Å².